The van der Waals surface area contributed by atoms with Crippen LogP contribution < -0.4 is 19.3 Å². The number of nitrogens with zero attached hydrogens (tertiary/aromatic N) is 4. The third-order valence-corrected chi connectivity index (χ3v) is 11.9. The Morgan fingerprint density at radius 3 is 0.953 bits per heavy atom. The van der Waals surface area contributed by atoms with Crippen molar-refractivity contribution in [2.45, 2.75) is 0 Å². The Hall–Kier alpha value is -8.88. The van der Waals surface area contributed by atoms with Crippen LogP contribution in [0.4, 0.5) is 34.1 Å². The average Bonchev–Trinajstić information content (AvgIpc) is 4.01. The van der Waals surface area contributed by atoms with E-state index in [9.17, 15) is 0 Å². The highest BCUT2D eigenvalue weighted by Crippen LogP contribution is 2.53. The molecule has 0 saturated heterocycles. The van der Waals surface area contributed by atoms with Gasteiger partial charge in [0.15, 0.2) is 34.2 Å². The SMILES string of the molecule is c1ccc(-c2nc3c(-c4ccc(N5c6ccccc6Oc6ccccc65)cc4)c4oc(-c5ccccc5)nc4c(-c4ccc(N5c6ccccc6Oc6ccccc65)cc4)c3o2)cc1. The maximum absolute atomic E-state index is 6.92. The summed E-state index contributed by atoms with van der Waals surface area (Å²) in [4.78, 5) is 15.0. The van der Waals surface area contributed by atoms with Crippen molar-refractivity contribution in [1.29, 1.82) is 0 Å². The van der Waals surface area contributed by atoms with Crippen LogP contribution in [-0.2, 0) is 0 Å². The van der Waals surface area contributed by atoms with Crippen molar-refractivity contribution in [3.05, 3.63) is 206 Å². The number of hydrogen-bond acceptors (Lipinski definition) is 8. The Balaban J connectivity index is 1.01. The van der Waals surface area contributed by atoms with Crippen LogP contribution >= 0.6 is 0 Å². The van der Waals surface area contributed by atoms with Crippen LogP contribution in [0.5, 0.6) is 23.0 Å². The van der Waals surface area contributed by atoms with Crippen LogP contribution in [0.3, 0.4) is 0 Å². The van der Waals surface area contributed by atoms with Gasteiger partial charge in [-0.2, -0.15) is 0 Å². The first-order chi connectivity index (χ1) is 31.7. The molecule has 13 rings (SSSR count). The first-order valence-corrected chi connectivity index (χ1v) is 21.1. The number of anilines is 6. The first kappa shape index (κ1) is 35.8. The lowest BCUT2D eigenvalue weighted by Crippen LogP contribution is -2.15. The molecule has 0 fully saturated rings. The standard InChI is InChI=1S/C56H34N4O4/c1-3-15-37(16-4-1)55-57-51-49(35-27-31-39(32-28-35)59-41-19-7-11-23-45(41)61-46-24-12-8-20-42(46)59)54-52(58-56(64-54)38-17-5-2-6-18-38)50(53(51)63-55)36-29-33-40(34-30-36)60-43-21-9-13-25-47(43)62-48-26-14-10-22-44(48)60/h1-34H. The molecular weight excluding hydrogens is 793 g/mol. The fraction of sp³-hybridized carbons (Fsp3) is 0. The van der Waals surface area contributed by atoms with Crippen LogP contribution in [0, 0.1) is 0 Å². The summed E-state index contributed by atoms with van der Waals surface area (Å²) in [6, 6.07) is 69.4. The van der Waals surface area contributed by atoms with Crippen molar-refractivity contribution in [3.8, 4) is 68.2 Å². The highest BCUT2D eigenvalue weighted by Gasteiger charge is 2.30. The van der Waals surface area contributed by atoms with Gasteiger partial charge in [-0.05, 0) is 108 Å². The summed E-state index contributed by atoms with van der Waals surface area (Å²) < 4.78 is 26.5. The molecule has 0 atom stereocenters. The zero-order valence-electron chi connectivity index (χ0n) is 34.1. The molecule has 0 aliphatic carbocycles. The van der Waals surface area contributed by atoms with Gasteiger partial charge in [0, 0.05) is 22.5 Å². The molecule has 0 bridgehead atoms. The van der Waals surface area contributed by atoms with E-state index < -0.39 is 0 Å². The third kappa shape index (κ3) is 5.70. The second-order valence-electron chi connectivity index (χ2n) is 15.7. The van der Waals surface area contributed by atoms with Crippen molar-refractivity contribution < 1.29 is 18.3 Å². The molecule has 302 valence electrons. The molecule has 0 amide bonds. The summed E-state index contributed by atoms with van der Waals surface area (Å²) in [6.45, 7) is 0. The maximum Gasteiger partial charge on any atom is 0.227 e. The summed E-state index contributed by atoms with van der Waals surface area (Å²) >= 11 is 0. The fourth-order valence-electron chi connectivity index (χ4n) is 9.00. The number of oxazole rings is 2. The first-order valence-electron chi connectivity index (χ1n) is 21.1. The Morgan fingerprint density at radius 2 is 0.609 bits per heavy atom. The number of para-hydroxylation sites is 8. The number of aromatic nitrogens is 2. The van der Waals surface area contributed by atoms with E-state index in [2.05, 4.69) is 82.6 Å². The molecule has 0 spiro atoms. The number of benzene rings is 9. The number of rotatable bonds is 6. The van der Waals surface area contributed by atoms with Crippen molar-refractivity contribution >= 4 is 56.3 Å². The molecule has 2 aliphatic heterocycles. The predicted octanol–water partition coefficient (Wildman–Crippen LogP) is 15.8. The van der Waals surface area contributed by atoms with E-state index in [0.29, 0.717) is 34.0 Å². The van der Waals surface area contributed by atoms with Crippen LogP contribution in [-0.4, -0.2) is 9.97 Å². The van der Waals surface area contributed by atoms with Gasteiger partial charge >= 0.3 is 0 Å². The van der Waals surface area contributed by atoms with Gasteiger partial charge in [0.05, 0.1) is 33.9 Å². The molecule has 11 aromatic rings. The van der Waals surface area contributed by atoms with Gasteiger partial charge in [-0.1, -0.05) is 109 Å². The molecule has 8 heteroatoms. The summed E-state index contributed by atoms with van der Waals surface area (Å²) in [5.74, 6) is 4.19. The minimum atomic E-state index is 0.505. The number of fused-ring (bicyclic) bond motifs is 6. The highest BCUT2D eigenvalue weighted by atomic mass is 16.5. The van der Waals surface area contributed by atoms with Gasteiger partial charge < -0.3 is 28.1 Å². The molecule has 9 aromatic carbocycles. The topological polar surface area (TPSA) is 77.0 Å². The van der Waals surface area contributed by atoms with Gasteiger partial charge in [0.2, 0.25) is 11.8 Å². The maximum atomic E-state index is 6.92. The molecular formula is C56H34N4O4. The van der Waals surface area contributed by atoms with Crippen LogP contribution in [0.2, 0.25) is 0 Å². The number of hydrogen-bond donors (Lipinski definition) is 0. The Labute approximate surface area is 367 Å². The largest absolute Gasteiger partial charge is 0.453 e. The van der Waals surface area contributed by atoms with Crippen LogP contribution in [0.15, 0.2) is 215 Å². The average molecular weight is 827 g/mol. The molecule has 0 N–H and O–H groups in total. The van der Waals surface area contributed by atoms with Gasteiger partial charge in [-0.25, -0.2) is 9.97 Å². The molecule has 0 unspecified atom stereocenters. The lowest BCUT2D eigenvalue weighted by molar-refractivity contribution is 0.477. The fourth-order valence-corrected chi connectivity index (χ4v) is 9.00. The normalized spacial score (nSPS) is 12.6. The summed E-state index contributed by atoms with van der Waals surface area (Å²) in [6.07, 6.45) is 0. The highest BCUT2D eigenvalue weighted by molar-refractivity contribution is 6.16. The Morgan fingerprint density at radius 1 is 0.297 bits per heavy atom. The summed E-state index contributed by atoms with van der Waals surface area (Å²) in [5, 5.41) is 0. The van der Waals surface area contributed by atoms with Crippen molar-refractivity contribution in [3.63, 3.8) is 0 Å². The zero-order valence-corrected chi connectivity index (χ0v) is 34.1. The van der Waals surface area contributed by atoms with Crippen molar-refractivity contribution in [1.82, 2.24) is 9.97 Å². The smallest absolute Gasteiger partial charge is 0.227 e. The molecule has 4 heterocycles. The van der Waals surface area contributed by atoms with E-state index >= 15 is 0 Å². The van der Waals surface area contributed by atoms with Gasteiger partial charge in [-0.15, -0.1) is 0 Å². The second-order valence-corrected chi connectivity index (χ2v) is 15.7. The summed E-state index contributed by atoms with van der Waals surface area (Å²) in [7, 11) is 0. The monoisotopic (exact) mass is 826 g/mol. The third-order valence-electron chi connectivity index (χ3n) is 11.9. The minimum Gasteiger partial charge on any atom is -0.453 e. The second kappa shape index (κ2) is 14.4. The lowest BCUT2D eigenvalue weighted by Gasteiger charge is -2.32. The lowest BCUT2D eigenvalue weighted by atomic mass is 9.95. The van der Waals surface area contributed by atoms with E-state index in [1.54, 1.807) is 0 Å². The van der Waals surface area contributed by atoms with Crippen LogP contribution in [0.25, 0.3) is 67.4 Å². The predicted molar refractivity (Wildman–Crippen MR) is 253 cm³/mol. The van der Waals surface area contributed by atoms with E-state index in [0.717, 1.165) is 90.5 Å². The van der Waals surface area contributed by atoms with E-state index in [4.69, 9.17) is 28.3 Å². The quantitative estimate of drug-likeness (QED) is 0.164. The molecule has 0 saturated carbocycles. The molecule has 8 nitrogen and oxygen atoms in total. The zero-order chi connectivity index (χ0) is 42.1. The Bertz CT molecular complexity index is 3180. The van der Waals surface area contributed by atoms with Crippen LogP contribution in [0.1, 0.15) is 0 Å². The van der Waals surface area contributed by atoms with Crippen molar-refractivity contribution in [2.24, 2.45) is 0 Å². The summed E-state index contributed by atoms with van der Waals surface area (Å²) in [5.41, 5.74) is 13.5. The Kier molecular flexibility index (Phi) is 8.04. The van der Waals surface area contributed by atoms with E-state index in [1.807, 2.05) is 133 Å². The molecule has 2 aromatic heterocycles. The molecule has 64 heavy (non-hydrogen) atoms. The van der Waals surface area contributed by atoms with Crippen molar-refractivity contribution in [2.75, 3.05) is 9.80 Å². The van der Waals surface area contributed by atoms with Gasteiger partial charge in [0.25, 0.3) is 0 Å². The van der Waals surface area contributed by atoms with Gasteiger partial charge in [0.1, 0.15) is 11.0 Å². The number of ether oxygens (including phenoxy) is 2. The molecule has 0 radical (unpaired) electrons. The molecule has 2 aliphatic rings. The minimum absolute atomic E-state index is 0.505. The van der Waals surface area contributed by atoms with E-state index in [1.165, 1.54) is 0 Å². The van der Waals surface area contributed by atoms with Gasteiger partial charge in [-0.3, -0.25) is 0 Å². The van der Waals surface area contributed by atoms with E-state index in [-0.39, 0.29) is 0 Å².